The Morgan fingerprint density at radius 3 is 2.89 bits per heavy atom. The summed E-state index contributed by atoms with van der Waals surface area (Å²) in [5, 5.41) is 16.2. The maximum absolute atomic E-state index is 12.3. The lowest BCUT2D eigenvalue weighted by atomic mass is 10.2. The summed E-state index contributed by atoms with van der Waals surface area (Å²) >= 11 is 7.43. The number of fused-ring (bicyclic) bond motifs is 1. The number of benzene rings is 2. The quantitative estimate of drug-likeness (QED) is 0.518. The number of aromatic nitrogens is 4. The Balaban J connectivity index is 1.52. The van der Waals surface area contributed by atoms with E-state index in [9.17, 15) is 4.79 Å². The zero-order valence-corrected chi connectivity index (χ0v) is 16.2. The van der Waals surface area contributed by atoms with Crippen molar-refractivity contribution >= 4 is 39.5 Å². The van der Waals surface area contributed by atoms with Crippen LogP contribution >= 0.6 is 22.9 Å². The fraction of sp³-hybridized carbons (Fsp3) is 0.111. The Morgan fingerprint density at radius 2 is 2.11 bits per heavy atom. The maximum atomic E-state index is 12.3. The van der Waals surface area contributed by atoms with Crippen molar-refractivity contribution < 1.29 is 14.3 Å². The molecule has 0 spiro atoms. The lowest BCUT2D eigenvalue weighted by Gasteiger charge is -2.12. The molecule has 0 fully saturated rings. The van der Waals surface area contributed by atoms with Crippen LogP contribution in [0.1, 0.15) is 0 Å². The number of halogens is 1. The molecule has 4 aromatic rings. The second-order valence-corrected chi connectivity index (χ2v) is 7.01. The van der Waals surface area contributed by atoms with Gasteiger partial charge in [0.2, 0.25) is 4.96 Å². The number of anilines is 1. The second kappa shape index (κ2) is 7.83. The number of ether oxygens (including phenoxy) is 2. The molecule has 1 N–H and O–H groups in total. The number of nitrogens with zero attached hydrogens (tertiary/aromatic N) is 4. The summed E-state index contributed by atoms with van der Waals surface area (Å²) in [7, 11) is 1.54. The van der Waals surface area contributed by atoms with Gasteiger partial charge in [0.05, 0.1) is 17.8 Å². The van der Waals surface area contributed by atoms with E-state index in [-0.39, 0.29) is 12.5 Å². The minimum atomic E-state index is -0.339. The zero-order valence-electron chi connectivity index (χ0n) is 14.6. The Labute approximate surface area is 168 Å². The minimum Gasteiger partial charge on any atom is -0.495 e. The van der Waals surface area contributed by atoms with Gasteiger partial charge in [-0.3, -0.25) is 4.79 Å². The molecular formula is C18H14ClN5O3S. The molecule has 4 rings (SSSR count). The highest BCUT2D eigenvalue weighted by Crippen LogP contribution is 2.32. The summed E-state index contributed by atoms with van der Waals surface area (Å²) in [4.78, 5) is 13.0. The molecule has 142 valence electrons. The van der Waals surface area contributed by atoms with E-state index in [4.69, 9.17) is 21.1 Å². The molecule has 0 saturated carbocycles. The van der Waals surface area contributed by atoms with Crippen LogP contribution in [0.3, 0.4) is 0 Å². The van der Waals surface area contributed by atoms with Crippen molar-refractivity contribution in [2.24, 2.45) is 0 Å². The first-order valence-electron chi connectivity index (χ1n) is 8.16. The average Bonchev–Trinajstić information content (AvgIpc) is 3.29. The van der Waals surface area contributed by atoms with E-state index in [1.165, 1.54) is 24.8 Å². The van der Waals surface area contributed by atoms with Gasteiger partial charge in [-0.15, -0.1) is 10.2 Å². The van der Waals surface area contributed by atoms with E-state index < -0.39 is 0 Å². The van der Waals surface area contributed by atoms with Crippen LogP contribution in [0.4, 0.5) is 5.69 Å². The number of rotatable bonds is 6. The SMILES string of the molecule is COc1ccc(-c2nn3cnnc3s2)cc1NC(=O)COc1ccccc1Cl. The van der Waals surface area contributed by atoms with Crippen molar-refractivity contribution in [2.75, 3.05) is 19.0 Å². The van der Waals surface area contributed by atoms with Gasteiger partial charge in [0, 0.05) is 5.56 Å². The summed E-state index contributed by atoms with van der Waals surface area (Å²) in [6.07, 6.45) is 1.54. The normalized spacial score (nSPS) is 10.8. The lowest BCUT2D eigenvalue weighted by molar-refractivity contribution is -0.118. The van der Waals surface area contributed by atoms with Crippen LogP contribution in [0.2, 0.25) is 5.02 Å². The largest absolute Gasteiger partial charge is 0.495 e. The highest BCUT2D eigenvalue weighted by molar-refractivity contribution is 7.19. The molecule has 10 heteroatoms. The number of methoxy groups -OCH3 is 1. The third kappa shape index (κ3) is 3.75. The predicted molar refractivity (Wildman–Crippen MR) is 106 cm³/mol. The van der Waals surface area contributed by atoms with Gasteiger partial charge in [-0.1, -0.05) is 35.1 Å². The molecule has 0 bridgehead atoms. The topological polar surface area (TPSA) is 90.6 Å². The number of para-hydroxylation sites is 1. The van der Waals surface area contributed by atoms with Gasteiger partial charge < -0.3 is 14.8 Å². The zero-order chi connectivity index (χ0) is 19.5. The summed E-state index contributed by atoms with van der Waals surface area (Å²) in [5.41, 5.74) is 1.33. The summed E-state index contributed by atoms with van der Waals surface area (Å²) < 4.78 is 12.4. The minimum absolute atomic E-state index is 0.187. The molecule has 0 radical (unpaired) electrons. The van der Waals surface area contributed by atoms with Crippen molar-refractivity contribution in [3.63, 3.8) is 0 Å². The van der Waals surface area contributed by atoms with E-state index in [0.717, 1.165) is 10.6 Å². The fourth-order valence-corrected chi connectivity index (χ4v) is 3.51. The van der Waals surface area contributed by atoms with E-state index in [1.807, 2.05) is 6.07 Å². The van der Waals surface area contributed by atoms with Crippen molar-refractivity contribution in [3.05, 3.63) is 53.8 Å². The van der Waals surface area contributed by atoms with Crippen molar-refractivity contribution in [3.8, 4) is 22.1 Å². The van der Waals surface area contributed by atoms with Gasteiger partial charge in [0.25, 0.3) is 5.91 Å². The first-order chi connectivity index (χ1) is 13.6. The Morgan fingerprint density at radius 1 is 1.25 bits per heavy atom. The molecule has 0 aliphatic heterocycles. The van der Waals surface area contributed by atoms with Crippen LogP contribution in [0, 0.1) is 0 Å². The van der Waals surface area contributed by atoms with Crippen LogP contribution in [-0.2, 0) is 4.79 Å². The van der Waals surface area contributed by atoms with Gasteiger partial charge in [-0.05, 0) is 30.3 Å². The van der Waals surface area contributed by atoms with Crippen molar-refractivity contribution in [2.45, 2.75) is 0 Å². The summed E-state index contributed by atoms with van der Waals surface area (Å²) in [5.74, 6) is 0.631. The molecule has 2 heterocycles. The lowest BCUT2D eigenvalue weighted by Crippen LogP contribution is -2.20. The number of carbonyl (C=O) groups is 1. The molecule has 0 saturated heterocycles. The van der Waals surface area contributed by atoms with E-state index in [0.29, 0.717) is 27.2 Å². The second-order valence-electron chi connectivity index (χ2n) is 5.65. The molecule has 1 amide bonds. The number of amides is 1. The van der Waals surface area contributed by atoms with Gasteiger partial charge >= 0.3 is 0 Å². The van der Waals surface area contributed by atoms with E-state index >= 15 is 0 Å². The highest BCUT2D eigenvalue weighted by atomic mass is 35.5. The fourth-order valence-electron chi connectivity index (χ4n) is 2.51. The maximum Gasteiger partial charge on any atom is 0.262 e. The van der Waals surface area contributed by atoms with E-state index in [1.54, 1.807) is 40.9 Å². The Hall–Kier alpha value is -3.17. The third-order valence-corrected chi connectivity index (χ3v) is 5.08. The third-order valence-electron chi connectivity index (χ3n) is 3.80. The average molecular weight is 416 g/mol. The highest BCUT2D eigenvalue weighted by Gasteiger charge is 2.14. The smallest absolute Gasteiger partial charge is 0.262 e. The van der Waals surface area contributed by atoms with Gasteiger partial charge in [-0.2, -0.15) is 9.61 Å². The molecule has 0 unspecified atom stereocenters. The standard InChI is InChI=1S/C18H14ClN5O3S/c1-26-15-7-6-11(17-23-24-10-20-22-18(24)28-17)8-13(15)21-16(25)9-27-14-5-3-2-4-12(14)19/h2-8,10H,9H2,1H3,(H,21,25). The van der Waals surface area contributed by atoms with Crippen LogP contribution in [0.15, 0.2) is 48.8 Å². The van der Waals surface area contributed by atoms with Crippen LogP contribution < -0.4 is 14.8 Å². The summed E-state index contributed by atoms with van der Waals surface area (Å²) in [6.45, 7) is -0.187. The Kier molecular flexibility index (Phi) is 5.09. The molecule has 0 aliphatic rings. The first-order valence-corrected chi connectivity index (χ1v) is 9.36. The Bertz CT molecular complexity index is 1110. The van der Waals surface area contributed by atoms with Crippen LogP contribution in [0.25, 0.3) is 15.5 Å². The van der Waals surface area contributed by atoms with Crippen molar-refractivity contribution in [1.29, 1.82) is 0 Å². The van der Waals surface area contributed by atoms with Gasteiger partial charge in [0.1, 0.15) is 22.8 Å². The molecular weight excluding hydrogens is 402 g/mol. The first kappa shape index (κ1) is 18.2. The van der Waals surface area contributed by atoms with Crippen LogP contribution in [0.5, 0.6) is 11.5 Å². The van der Waals surface area contributed by atoms with E-state index in [2.05, 4.69) is 20.6 Å². The molecule has 28 heavy (non-hydrogen) atoms. The number of hydrogen-bond acceptors (Lipinski definition) is 7. The summed E-state index contributed by atoms with van der Waals surface area (Å²) in [6, 6.07) is 12.4. The molecule has 0 aliphatic carbocycles. The number of carbonyl (C=O) groups excluding carboxylic acids is 1. The molecule has 0 atom stereocenters. The van der Waals surface area contributed by atoms with Crippen molar-refractivity contribution in [1.82, 2.24) is 19.8 Å². The molecule has 8 nitrogen and oxygen atoms in total. The molecule has 2 aromatic heterocycles. The predicted octanol–water partition coefficient (Wildman–Crippen LogP) is 3.53. The molecule has 2 aromatic carbocycles. The number of nitrogens with one attached hydrogen (secondary N) is 1. The van der Waals surface area contributed by atoms with Gasteiger partial charge in [0.15, 0.2) is 6.61 Å². The van der Waals surface area contributed by atoms with Gasteiger partial charge in [-0.25, -0.2) is 0 Å². The monoisotopic (exact) mass is 415 g/mol. The number of hydrogen-bond donors (Lipinski definition) is 1. The van der Waals surface area contributed by atoms with Crippen LogP contribution in [-0.4, -0.2) is 39.4 Å².